The highest BCUT2D eigenvalue weighted by Crippen LogP contribution is 2.60. The summed E-state index contributed by atoms with van der Waals surface area (Å²) in [4.78, 5) is 33.0. The Morgan fingerprint density at radius 2 is 1.63 bits per heavy atom. The number of carbonyl (C=O) groups excluding carboxylic acids is 2. The van der Waals surface area contributed by atoms with E-state index in [0.717, 1.165) is 75.3 Å². The number of carbonyl (C=O) groups is 2. The standard InChI is InChI=1S/C27H37ClN4O3/c28-21-3-5-23(6-4-21)30-8-10-31(11-9-30)26(35)32-7-1-2-22(17-32)29-25(34)27-14-18-12-19(15-27)24(33)20(13-18)16-27/h3-6,18-20,22,24,33H,1-2,7-17H2,(H,29,34)/t18?,19?,20?,22-,24?,27?/m0/s1. The van der Waals surface area contributed by atoms with E-state index in [9.17, 15) is 14.7 Å². The summed E-state index contributed by atoms with van der Waals surface area (Å²) in [7, 11) is 0. The SMILES string of the molecule is O=C(N1CCN(c2ccc(Cl)cc2)CC1)N1CCC[C@H](NC(=O)C23CC4CC(C2)C(O)C(C4)C3)C1. The van der Waals surface area contributed by atoms with Gasteiger partial charge in [0.2, 0.25) is 5.91 Å². The molecule has 8 heteroatoms. The number of aliphatic hydroxyl groups is 1. The molecule has 2 aliphatic heterocycles. The fraction of sp³-hybridized carbons (Fsp3) is 0.704. The van der Waals surface area contributed by atoms with Crippen LogP contribution in [-0.4, -0.2) is 78.3 Å². The third-order valence-electron chi connectivity index (χ3n) is 9.47. The second-order valence-electron chi connectivity index (χ2n) is 11.7. The number of piperidine rings is 1. The van der Waals surface area contributed by atoms with Gasteiger partial charge in [-0.25, -0.2) is 4.79 Å². The van der Waals surface area contributed by atoms with Crippen LogP contribution >= 0.6 is 11.6 Å². The first-order valence-corrected chi connectivity index (χ1v) is 13.8. The summed E-state index contributed by atoms with van der Waals surface area (Å²) in [5.74, 6) is 1.36. The van der Waals surface area contributed by atoms with Crippen molar-refractivity contribution >= 4 is 29.2 Å². The summed E-state index contributed by atoms with van der Waals surface area (Å²) >= 11 is 6.01. The maximum absolute atomic E-state index is 13.5. The molecule has 4 bridgehead atoms. The number of hydrogen-bond donors (Lipinski definition) is 2. The average Bonchev–Trinajstić information content (AvgIpc) is 2.87. The highest BCUT2D eigenvalue weighted by Gasteiger charge is 2.58. The minimum absolute atomic E-state index is 0.0217. The van der Waals surface area contributed by atoms with E-state index in [-0.39, 0.29) is 29.5 Å². The van der Waals surface area contributed by atoms with Gasteiger partial charge in [0.25, 0.3) is 0 Å². The lowest BCUT2D eigenvalue weighted by Gasteiger charge is -2.58. The van der Waals surface area contributed by atoms with Crippen LogP contribution in [0.2, 0.25) is 5.02 Å². The number of nitrogens with zero attached hydrogens (tertiary/aromatic N) is 3. The fourth-order valence-electron chi connectivity index (χ4n) is 7.89. The van der Waals surface area contributed by atoms with Crippen molar-refractivity contribution in [2.24, 2.45) is 23.2 Å². The van der Waals surface area contributed by atoms with E-state index in [1.54, 1.807) is 0 Å². The highest BCUT2D eigenvalue weighted by molar-refractivity contribution is 6.30. The van der Waals surface area contributed by atoms with Crippen LogP contribution in [0.4, 0.5) is 10.5 Å². The number of likely N-dealkylation sites (tertiary alicyclic amines) is 1. The Labute approximate surface area is 212 Å². The van der Waals surface area contributed by atoms with E-state index in [1.165, 1.54) is 0 Å². The number of halogens is 1. The van der Waals surface area contributed by atoms with Crippen molar-refractivity contribution in [2.75, 3.05) is 44.2 Å². The van der Waals surface area contributed by atoms with Gasteiger partial charge in [-0.15, -0.1) is 0 Å². The van der Waals surface area contributed by atoms with Gasteiger partial charge in [-0.3, -0.25) is 4.79 Å². The Bertz CT molecular complexity index is 948. The number of nitrogens with one attached hydrogen (secondary N) is 1. The first-order chi connectivity index (χ1) is 16.9. The van der Waals surface area contributed by atoms with E-state index in [0.29, 0.717) is 37.4 Å². The molecule has 6 fully saturated rings. The van der Waals surface area contributed by atoms with E-state index in [4.69, 9.17) is 11.6 Å². The Hall–Kier alpha value is -1.99. The third kappa shape index (κ3) is 4.39. The number of amides is 3. The summed E-state index contributed by atoms with van der Waals surface area (Å²) < 4.78 is 0. The molecule has 0 radical (unpaired) electrons. The van der Waals surface area contributed by atoms with Gasteiger partial charge in [-0.2, -0.15) is 0 Å². The zero-order chi connectivity index (χ0) is 24.2. The van der Waals surface area contributed by atoms with Crippen molar-refractivity contribution in [3.63, 3.8) is 0 Å². The lowest BCUT2D eigenvalue weighted by Crippen LogP contribution is -2.61. The minimum Gasteiger partial charge on any atom is -0.393 e. The molecular formula is C27H37ClN4O3. The van der Waals surface area contributed by atoms with Crippen molar-refractivity contribution in [2.45, 2.75) is 57.1 Å². The minimum atomic E-state index is -0.292. The maximum Gasteiger partial charge on any atom is 0.320 e. The van der Waals surface area contributed by atoms with Crippen LogP contribution in [0.25, 0.3) is 0 Å². The zero-order valence-electron chi connectivity index (χ0n) is 20.4. The molecule has 190 valence electrons. The third-order valence-corrected chi connectivity index (χ3v) is 9.73. The Morgan fingerprint density at radius 1 is 0.943 bits per heavy atom. The normalized spacial score (nSPS) is 36.4. The van der Waals surface area contributed by atoms with Gasteiger partial charge in [-0.05, 0) is 87.0 Å². The van der Waals surface area contributed by atoms with Crippen LogP contribution in [0.3, 0.4) is 0 Å². The molecule has 2 heterocycles. The molecule has 3 atom stereocenters. The smallest absolute Gasteiger partial charge is 0.320 e. The van der Waals surface area contributed by atoms with Crippen molar-refractivity contribution in [1.82, 2.24) is 15.1 Å². The number of benzene rings is 1. The predicted molar refractivity (Wildman–Crippen MR) is 135 cm³/mol. The zero-order valence-corrected chi connectivity index (χ0v) is 21.1. The lowest BCUT2D eigenvalue weighted by atomic mass is 9.48. The molecule has 1 aromatic carbocycles. The number of aliphatic hydroxyl groups excluding tert-OH is 1. The summed E-state index contributed by atoms with van der Waals surface area (Å²) in [5.41, 5.74) is 0.847. The van der Waals surface area contributed by atoms with Crippen LogP contribution in [0.1, 0.15) is 44.9 Å². The highest BCUT2D eigenvalue weighted by atomic mass is 35.5. The largest absolute Gasteiger partial charge is 0.393 e. The number of piperazine rings is 1. The Morgan fingerprint density at radius 3 is 2.31 bits per heavy atom. The van der Waals surface area contributed by atoms with Crippen molar-refractivity contribution in [3.05, 3.63) is 29.3 Å². The second kappa shape index (κ2) is 9.15. The molecule has 3 amide bonds. The first kappa shape index (κ1) is 23.4. The number of rotatable bonds is 3. The maximum atomic E-state index is 13.5. The summed E-state index contributed by atoms with van der Waals surface area (Å²) in [6.45, 7) is 4.36. The molecule has 7 rings (SSSR count). The monoisotopic (exact) mass is 500 g/mol. The predicted octanol–water partition coefficient (Wildman–Crippen LogP) is 3.35. The van der Waals surface area contributed by atoms with Gasteiger partial charge >= 0.3 is 6.03 Å². The van der Waals surface area contributed by atoms with Crippen LogP contribution in [0.15, 0.2) is 24.3 Å². The molecule has 7 nitrogen and oxygen atoms in total. The molecule has 0 aromatic heterocycles. The van der Waals surface area contributed by atoms with Crippen LogP contribution in [0, 0.1) is 23.2 Å². The molecule has 2 unspecified atom stereocenters. The molecule has 4 aliphatic carbocycles. The van der Waals surface area contributed by atoms with Crippen molar-refractivity contribution < 1.29 is 14.7 Å². The Balaban J connectivity index is 1.03. The molecule has 0 spiro atoms. The lowest BCUT2D eigenvalue weighted by molar-refractivity contribution is -0.163. The van der Waals surface area contributed by atoms with Gasteiger partial charge in [-0.1, -0.05) is 11.6 Å². The summed E-state index contributed by atoms with van der Waals surface area (Å²) in [5, 5.41) is 14.7. The average molecular weight is 501 g/mol. The van der Waals surface area contributed by atoms with Gasteiger partial charge in [0.1, 0.15) is 0 Å². The van der Waals surface area contributed by atoms with Crippen molar-refractivity contribution in [3.8, 4) is 0 Å². The van der Waals surface area contributed by atoms with Gasteiger partial charge in [0.15, 0.2) is 0 Å². The van der Waals surface area contributed by atoms with E-state index < -0.39 is 0 Å². The van der Waals surface area contributed by atoms with Gasteiger partial charge in [0, 0.05) is 56.0 Å². The van der Waals surface area contributed by atoms with Gasteiger partial charge < -0.3 is 25.1 Å². The first-order valence-electron chi connectivity index (χ1n) is 13.4. The molecular weight excluding hydrogens is 464 g/mol. The fourth-order valence-corrected chi connectivity index (χ4v) is 8.02. The number of urea groups is 1. The molecule has 1 aromatic rings. The van der Waals surface area contributed by atoms with E-state index in [2.05, 4.69) is 10.2 Å². The quantitative estimate of drug-likeness (QED) is 0.667. The molecule has 4 saturated carbocycles. The van der Waals surface area contributed by atoms with Gasteiger partial charge in [0.05, 0.1) is 11.5 Å². The molecule has 2 saturated heterocycles. The summed E-state index contributed by atoms with van der Waals surface area (Å²) in [6, 6.07) is 7.99. The van der Waals surface area contributed by atoms with Crippen molar-refractivity contribution in [1.29, 1.82) is 0 Å². The van der Waals surface area contributed by atoms with Crippen LogP contribution in [-0.2, 0) is 4.79 Å². The Kier molecular flexibility index (Phi) is 6.12. The molecule has 6 aliphatic rings. The van der Waals surface area contributed by atoms with Crippen LogP contribution in [0.5, 0.6) is 0 Å². The van der Waals surface area contributed by atoms with E-state index >= 15 is 0 Å². The molecule has 35 heavy (non-hydrogen) atoms. The number of hydrogen-bond acceptors (Lipinski definition) is 4. The number of anilines is 1. The second-order valence-corrected chi connectivity index (χ2v) is 12.2. The molecule has 2 N–H and O–H groups in total. The van der Waals surface area contributed by atoms with Crippen LogP contribution < -0.4 is 10.2 Å². The summed E-state index contributed by atoms with van der Waals surface area (Å²) in [6.07, 6.45) is 6.45. The van der Waals surface area contributed by atoms with E-state index in [1.807, 2.05) is 34.1 Å². The topological polar surface area (TPSA) is 76.1 Å².